The van der Waals surface area contributed by atoms with Crippen LogP contribution in [0.15, 0.2) is 42.5 Å². The SMILES string of the molecule is O=C(CCl)Nc1cc(C(=O)N2CCC3(CC2)NC(=O)Cc2ccccc23)cc(C(F)(F)F)c1. The summed E-state index contributed by atoms with van der Waals surface area (Å²) in [5.41, 5.74) is -0.0178. The van der Waals surface area contributed by atoms with Crippen molar-refractivity contribution in [2.24, 2.45) is 0 Å². The second kappa shape index (κ2) is 8.70. The van der Waals surface area contributed by atoms with Crippen molar-refractivity contribution in [1.29, 1.82) is 0 Å². The van der Waals surface area contributed by atoms with Gasteiger partial charge in [-0.15, -0.1) is 11.6 Å². The summed E-state index contributed by atoms with van der Waals surface area (Å²) >= 11 is 5.43. The van der Waals surface area contributed by atoms with E-state index in [1.54, 1.807) is 0 Å². The van der Waals surface area contributed by atoms with Crippen LogP contribution in [-0.2, 0) is 27.7 Å². The average molecular weight is 480 g/mol. The van der Waals surface area contributed by atoms with E-state index >= 15 is 0 Å². The summed E-state index contributed by atoms with van der Waals surface area (Å²) in [7, 11) is 0. The van der Waals surface area contributed by atoms with Gasteiger partial charge in [0.15, 0.2) is 0 Å². The molecule has 0 aromatic heterocycles. The van der Waals surface area contributed by atoms with Crippen LogP contribution in [0.5, 0.6) is 0 Å². The third-order valence-corrected chi connectivity index (χ3v) is 6.32. The summed E-state index contributed by atoms with van der Waals surface area (Å²) in [6.07, 6.45) is -3.52. The van der Waals surface area contributed by atoms with E-state index in [-0.39, 0.29) is 30.2 Å². The largest absolute Gasteiger partial charge is 0.416 e. The van der Waals surface area contributed by atoms with E-state index in [4.69, 9.17) is 11.6 Å². The highest BCUT2D eigenvalue weighted by molar-refractivity contribution is 6.29. The number of halogens is 4. The third kappa shape index (κ3) is 4.68. The Kier molecular flexibility index (Phi) is 6.09. The molecule has 2 aromatic rings. The summed E-state index contributed by atoms with van der Waals surface area (Å²) in [4.78, 5) is 38.4. The highest BCUT2D eigenvalue weighted by Gasteiger charge is 2.42. The van der Waals surface area contributed by atoms with Crippen LogP contribution in [-0.4, -0.2) is 41.6 Å². The first-order valence-corrected chi connectivity index (χ1v) is 10.9. The molecule has 0 radical (unpaired) electrons. The standard InChI is InChI=1S/C23H21ClF3N3O3/c24-13-20(32)28-17-10-15(9-16(12-17)23(25,26)27)21(33)30-7-5-22(6-8-30)18-4-2-1-3-14(18)11-19(31)29-22/h1-4,9-10,12H,5-8,11,13H2,(H,28,32)(H,29,31). The summed E-state index contributed by atoms with van der Waals surface area (Å²) < 4.78 is 40.2. The maximum absolute atomic E-state index is 13.4. The number of amides is 3. The number of carbonyl (C=O) groups excluding carboxylic acids is 3. The molecule has 0 bridgehead atoms. The minimum Gasteiger partial charge on any atom is -0.346 e. The van der Waals surface area contributed by atoms with Gasteiger partial charge < -0.3 is 15.5 Å². The van der Waals surface area contributed by atoms with Gasteiger partial charge in [0.2, 0.25) is 11.8 Å². The maximum atomic E-state index is 13.4. The van der Waals surface area contributed by atoms with Gasteiger partial charge in [-0.25, -0.2) is 0 Å². The zero-order valence-electron chi connectivity index (χ0n) is 17.5. The van der Waals surface area contributed by atoms with E-state index in [0.29, 0.717) is 19.3 Å². The molecule has 0 saturated carbocycles. The smallest absolute Gasteiger partial charge is 0.346 e. The lowest BCUT2D eigenvalue weighted by Gasteiger charge is -2.45. The molecule has 0 atom stereocenters. The highest BCUT2D eigenvalue weighted by Crippen LogP contribution is 2.38. The monoisotopic (exact) mass is 479 g/mol. The van der Waals surface area contributed by atoms with E-state index in [2.05, 4.69) is 10.6 Å². The van der Waals surface area contributed by atoms with Gasteiger partial charge in [0.1, 0.15) is 5.88 Å². The van der Waals surface area contributed by atoms with Crippen LogP contribution in [0.1, 0.15) is 39.9 Å². The summed E-state index contributed by atoms with van der Waals surface area (Å²) in [6, 6.07) is 10.4. The first-order valence-electron chi connectivity index (χ1n) is 10.4. The molecule has 1 spiro atoms. The van der Waals surface area contributed by atoms with Crippen molar-refractivity contribution in [1.82, 2.24) is 10.2 Å². The number of nitrogens with one attached hydrogen (secondary N) is 2. The number of carbonyl (C=O) groups is 3. The van der Waals surface area contributed by atoms with E-state index in [1.807, 2.05) is 24.3 Å². The number of hydrogen-bond donors (Lipinski definition) is 2. The van der Waals surface area contributed by atoms with Crippen LogP contribution in [0.3, 0.4) is 0 Å². The second-order valence-corrected chi connectivity index (χ2v) is 8.50. The van der Waals surface area contributed by atoms with Gasteiger partial charge in [0.05, 0.1) is 17.5 Å². The van der Waals surface area contributed by atoms with E-state index in [1.165, 1.54) is 11.0 Å². The minimum atomic E-state index is -4.70. The Hall–Kier alpha value is -3.07. The molecule has 2 aliphatic heterocycles. The second-order valence-electron chi connectivity index (χ2n) is 8.24. The zero-order chi connectivity index (χ0) is 23.8. The molecule has 10 heteroatoms. The molecular weight excluding hydrogens is 459 g/mol. The van der Waals surface area contributed by atoms with Gasteiger partial charge in [-0.3, -0.25) is 14.4 Å². The third-order valence-electron chi connectivity index (χ3n) is 6.08. The number of benzene rings is 2. The first-order chi connectivity index (χ1) is 15.6. The van der Waals surface area contributed by atoms with Gasteiger partial charge in [-0.1, -0.05) is 24.3 Å². The Labute approximate surface area is 193 Å². The fraction of sp³-hybridized carbons (Fsp3) is 0.348. The molecule has 174 valence electrons. The molecule has 2 aliphatic rings. The Bertz CT molecular complexity index is 1110. The van der Waals surface area contributed by atoms with Crippen LogP contribution < -0.4 is 10.6 Å². The quantitative estimate of drug-likeness (QED) is 0.659. The first kappa shape index (κ1) is 23.1. The van der Waals surface area contributed by atoms with Crippen molar-refractivity contribution in [2.75, 3.05) is 24.3 Å². The molecule has 0 unspecified atom stereocenters. The van der Waals surface area contributed by atoms with Gasteiger partial charge in [-0.2, -0.15) is 13.2 Å². The maximum Gasteiger partial charge on any atom is 0.416 e. The lowest BCUT2D eigenvalue weighted by atomic mass is 9.75. The van der Waals surface area contributed by atoms with E-state index < -0.39 is 35.0 Å². The predicted molar refractivity (Wildman–Crippen MR) is 116 cm³/mol. The van der Waals surface area contributed by atoms with Gasteiger partial charge in [0, 0.05) is 24.3 Å². The van der Waals surface area contributed by atoms with E-state index in [9.17, 15) is 27.6 Å². The van der Waals surface area contributed by atoms with Crippen LogP contribution in [0.2, 0.25) is 0 Å². The molecule has 2 aromatic carbocycles. The van der Waals surface area contributed by atoms with Crippen molar-refractivity contribution in [3.05, 3.63) is 64.7 Å². The van der Waals surface area contributed by atoms with Crippen LogP contribution >= 0.6 is 11.6 Å². The Morgan fingerprint density at radius 2 is 1.82 bits per heavy atom. The number of alkyl halides is 4. The van der Waals surface area contributed by atoms with Crippen LogP contribution in [0.25, 0.3) is 0 Å². The minimum absolute atomic E-state index is 0.0916. The molecular formula is C23H21ClF3N3O3. The van der Waals surface area contributed by atoms with Crippen LogP contribution in [0.4, 0.5) is 18.9 Å². The fourth-order valence-corrected chi connectivity index (χ4v) is 4.61. The fourth-order valence-electron chi connectivity index (χ4n) is 4.54. The Balaban J connectivity index is 1.57. The van der Waals surface area contributed by atoms with Crippen molar-refractivity contribution < 1.29 is 27.6 Å². The number of hydrogen-bond acceptors (Lipinski definition) is 3. The molecule has 3 amide bonds. The molecule has 1 saturated heterocycles. The zero-order valence-corrected chi connectivity index (χ0v) is 18.2. The number of rotatable bonds is 3. The molecule has 33 heavy (non-hydrogen) atoms. The molecule has 2 N–H and O–H groups in total. The number of piperidine rings is 1. The molecule has 4 rings (SSSR count). The van der Waals surface area contributed by atoms with Crippen LogP contribution in [0, 0.1) is 0 Å². The number of likely N-dealkylation sites (tertiary alicyclic amines) is 1. The van der Waals surface area contributed by atoms with Gasteiger partial charge in [-0.05, 0) is 42.2 Å². The number of fused-ring (bicyclic) bond motifs is 2. The highest BCUT2D eigenvalue weighted by atomic mass is 35.5. The van der Waals surface area contributed by atoms with Crippen molar-refractivity contribution >= 4 is 35.0 Å². The van der Waals surface area contributed by atoms with Gasteiger partial charge in [0.25, 0.3) is 5.91 Å². The van der Waals surface area contributed by atoms with Gasteiger partial charge >= 0.3 is 6.18 Å². The number of nitrogens with zero attached hydrogens (tertiary/aromatic N) is 1. The molecule has 0 aliphatic carbocycles. The Morgan fingerprint density at radius 1 is 1.12 bits per heavy atom. The van der Waals surface area contributed by atoms with Crippen molar-refractivity contribution in [3.63, 3.8) is 0 Å². The molecule has 2 heterocycles. The van der Waals surface area contributed by atoms with Crippen molar-refractivity contribution in [2.45, 2.75) is 31.0 Å². The predicted octanol–water partition coefficient (Wildman–Crippen LogP) is 3.69. The summed E-state index contributed by atoms with van der Waals surface area (Å²) in [6.45, 7) is 0.514. The topological polar surface area (TPSA) is 78.5 Å². The molecule has 1 fully saturated rings. The van der Waals surface area contributed by atoms with Crippen molar-refractivity contribution in [3.8, 4) is 0 Å². The molecule has 6 nitrogen and oxygen atoms in total. The lowest BCUT2D eigenvalue weighted by molar-refractivity contribution is -0.137. The average Bonchev–Trinajstić information content (AvgIpc) is 2.78. The Morgan fingerprint density at radius 3 is 2.48 bits per heavy atom. The van der Waals surface area contributed by atoms with E-state index in [0.717, 1.165) is 23.3 Å². The summed E-state index contributed by atoms with van der Waals surface area (Å²) in [5, 5.41) is 5.34. The number of anilines is 1. The summed E-state index contributed by atoms with van der Waals surface area (Å²) in [5.74, 6) is -1.78. The normalized spacial score (nSPS) is 17.3. The lowest BCUT2D eigenvalue weighted by Crippen LogP contribution is -2.56.